The first-order chi connectivity index (χ1) is 14.5. The van der Waals surface area contributed by atoms with Crippen molar-refractivity contribution in [3.05, 3.63) is 99.9 Å². The minimum absolute atomic E-state index is 0.0417. The molecule has 3 aromatic rings. The third-order valence-corrected chi connectivity index (χ3v) is 4.55. The van der Waals surface area contributed by atoms with E-state index in [1.807, 2.05) is 19.1 Å². The number of Topliss-reactive ketones (excluding diaryl/α,β-unsaturated/α-hetero) is 1. The highest BCUT2D eigenvalue weighted by atomic mass is 19.1. The normalized spacial score (nSPS) is 11.5. The van der Waals surface area contributed by atoms with Crippen LogP contribution >= 0.6 is 0 Å². The van der Waals surface area contributed by atoms with E-state index in [0.717, 1.165) is 11.4 Å². The van der Waals surface area contributed by atoms with E-state index in [0.29, 0.717) is 17.7 Å². The number of hydrogen-bond acceptors (Lipinski definition) is 5. The first-order valence-electron chi connectivity index (χ1n) is 9.49. The molecule has 1 N–H and O–H groups in total. The predicted molar refractivity (Wildman–Crippen MR) is 112 cm³/mol. The topological polar surface area (TPSA) is 81.5 Å². The molecule has 3 aromatic carbocycles. The highest BCUT2D eigenvalue weighted by Gasteiger charge is 2.20. The Hall–Kier alpha value is -3.74. The Bertz CT molecular complexity index is 1020. The molecule has 0 saturated heterocycles. The first-order valence-corrected chi connectivity index (χ1v) is 9.49. The van der Waals surface area contributed by atoms with Crippen molar-refractivity contribution < 1.29 is 18.8 Å². The van der Waals surface area contributed by atoms with Crippen LogP contribution < -0.4 is 10.1 Å². The van der Waals surface area contributed by atoms with Crippen LogP contribution in [0.5, 0.6) is 5.75 Å². The number of nitrogens with one attached hydrogen (secondary N) is 1. The van der Waals surface area contributed by atoms with Crippen LogP contribution in [0.1, 0.15) is 35.3 Å². The predicted octanol–water partition coefficient (Wildman–Crippen LogP) is 5.56. The van der Waals surface area contributed by atoms with Gasteiger partial charge in [-0.1, -0.05) is 12.1 Å². The van der Waals surface area contributed by atoms with Gasteiger partial charge in [0.1, 0.15) is 11.6 Å². The molecule has 0 spiro atoms. The van der Waals surface area contributed by atoms with Crippen LogP contribution in [0.4, 0.5) is 15.8 Å². The Morgan fingerprint density at radius 2 is 1.80 bits per heavy atom. The van der Waals surface area contributed by atoms with Crippen molar-refractivity contribution in [2.75, 3.05) is 11.9 Å². The smallest absolute Gasteiger partial charge is 0.269 e. The molecule has 154 valence electrons. The number of ether oxygens (including phenoxy) is 1. The highest BCUT2D eigenvalue weighted by Crippen LogP contribution is 2.28. The van der Waals surface area contributed by atoms with E-state index in [1.165, 1.54) is 36.4 Å². The summed E-state index contributed by atoms with van der Waals surface area (Å²) in [7, 11) is 0. The van der Waals surface area contributed by atoms with E-state index in [-0.39, 0.29) is 17.9 Å². The Morgan fingerprint density at radius 1 is 1.10 bits per heavy atom. The first kappa shape index (κ1) is 21.0. The number of anilines is 1. The van der Waals surface area contributed by atoms with Gasteiger partial charge in [-0.3, -0.25) is 14.9 Å². The summed E-state index contributed by atoms with van der Waals surface area (Å²) in [5, 5.41) is 14.4. The molecule has 0 bridgehead atoms. The lowest BCUT2D eigenvalue weighted by atomic mass is 9.97. The molecule has 0 aliphatic rings. The molecule has 1 unspecified atom stereocenters. The second kappa shape index (κ2) is 9.65. The van der Waals surface area contributed by atoms with Gasteiger partial charge in [0.25, 0.3) is 5.69 Å². The van der Waals surface area contributed by atoms with Gasteiger partial charge in [-0.05, 0) is 61.0 Å². The number of carbonyl (C=O) groups excluding carboxylic acids is 1. The summed E-state index contributed by atoms with van der Waals surface area (Å²) in [5.74, 6) is 0.0941. The number of carbonyl (C=O) groups is 1. The lowest BCUT2D eigenvalue weighted by molar-refractivity contribution is -0.384. The molecule has 6 nitrogen and oxygen atoms in total. The van der Waals surface area contributed by atoms with Crippen LogP contribution in [0.3, 0.4) is 0 Å². The van der Waals surface area contributed by atoms with Gasteiger partial charge in [-0.2, -0.15) is 0 Å². The number of nitro groups is 1. The molecule has 0 radical (unpaired) electrons. The molecule has 7 heteroatoms. The van der Waals surface area contributed by atoms with E-state index < -0.39 is 16.8 Å². The van der Waals surface area contributed by atoms with Gasteiger partial charge in [0, 0.05) is 29.8 Å². The van der Waals surface area contributed by atoms with Crippen LogP contribution in [0.25, 0.3) is 0 Å². The SMILES string of the molecule is CCOc1ccc(NC(CC(=O)c2ccc(F)cc2)c2cccc([N+](=O)[O-])c2)cc1. The minimum atomic E-state index is -0.514. The van der Waals surface area contributed by atoms with Gasteiger partial charge in [-0.15, -0.1) is 0 Å². The molecular formula is C23H21FN2O4. The average Bonchev–Trinajstić information content (AvgIpc) is 2.75. The summed E-state index contributed by atoms with van der Waals surface area (Å²) < 4.78 is 18.6. The van der Waals surface area contributed by atoms with Gasteiger partial charge in [0.15, 0.2) is 5.78 Å². The molecule has 1 atom stereocenters. The molecular weight excluding hydrogens is 387 g/mol. The van der Waals surface area contributed by atoms with Crippen molar-refractivity contribution in [1.29, 1.82) is 0 Å². The molecule has 0 aromatic heterocycles. The molecule has 3 rings (SSSR count). The van der Waals surface area contributed by atoms with Gasteiger partial charge in [0.2, 0.25) is 0 Å². The third kappa shape index (κ3) is 5.41. The summed E-state index contributed by atoms with van der Waals surface area (Å²) in [4.78, 5) is 23.5. The van der Waals surface area contributed by atoms with Gasteiger partial charge in [-0.25, -0.2) is 4.39 Å². The summed E-state index contributed by atoms with van der Waals surface area (Å²) >= 11 is 0. The van der Waals surface area contributed by atoms with Crippen LogP contribution in [0, 0.1) is 15.9 Å². The van der Waals surface area contributed by atoms with Crippen molar-refractivity contribution in [2.24, 2.45) is 0 Å². The lowest BCUT2D eigenvalue weighted by Gasteiger charge is -2.20. The number of halogens is 1. The highest BCUT2D eigenvalue weighted by molar-refractivity contribution is 5.96. The zero-order valence-electron chi connectivity index (χ0n) is 16.4. The van der Waals surface area contributed by atoms with Gasteiger partial charge >= 0.3 is 0 Å². The summed E-state index contributed by atoms with van der Waals surface area (Å²) in [6, 6.07) is 18.2. The maximum absolute atomic E-state index is 13.2. The quantitative estimate of drug-likeness (QED) is 0.285. The fraction of sp³-hybridized carbons (Fsp3) is 0.174. The monoisotopic (exact) mass is 408 g/mol. The Kier molecular flexibility index (Phi) is 6.75. The van der Waals surface area contributed by atoms with Crippen molar-refractivity contribution in [2.45, 2.75) is 19.4 Å². The van der Waals surface area contributed by atoms with E-state index in [2.05, 4.69) is 5.32 Å². The molecule has 0 saturated carbocycles. The molecule has 0 fully saturated rings. The maximum Gasteiger partial charge on any atom is 0.269 e. The van der Waals surface area contributed by atoms with E-state index in [9.17, 15) is 19.3 Å². The fourth-order valence-electron chi connectivity index (χ4n) is 3.06. The number of rotatable bonds is 9. The Balaban J connectivity index is 1.87. The second-order valence-corrected chi connectivity index (χ2v) is 6.64. The van der Waals surface area contributed by atoms with Crippen molar-refractivity contribution in [3.63, 3.8) is 0 Å². The van der Waals surface area contributed by atoms with Crippen LogP contribution in [0.15, 0.2) is 72.8 Å². The largest absolute Gasteiger partial charge is 0.494 e. The zero-order valence-corrected chi connectivity index (χ0v) is 16.4. The standard InChI is InChI=1S/C23H21FN2O4/c1-2-30-21-12-10-19(11-13-21)25-22(17-4-3-5-20(14-17)26(28)29)15-23(27)16-6-8-18(24)9-7-16/h3-14,22,25H,2,15H2,1H3. The molecule has 0 heterocycles. The molecule has 0 aliphatic carbocycles. The molecule has 0 aliphatic heterocycles. The third-order valence-electron chi connectivity index (χ3n) is 4.55. The summed E-state index contributed by atoms with van der Waals surface area (Å²) in [6.07, 6.45) is 0.0417. The number of ketones is 1. The summed E-state index contributed by atoms with van der Waals surface area (Å²) in [5.41, 5.74) is 1.66. The van der Waals surface area contributed by atoms with E-state index in [1.54, 1.807) is 24.3 Å². The van der Waals surface area contributed by atoms with E-state index >= 15 is 0 Å². The van der Waals surface area contributed by atoms with Gasteiger partial charge < -0.3 is 10.1 Å². The number of non-ortho nitro benzene ring substituents is 1. The van der Waals surface area contributed by atoms with Crippen LogP contribution in [0.2, 0.25) is 0 Å². The fourth-order valence-corrected chi connectivity index (χ4v) is 3.06. The number of nitrogens with zero attached hydrogens (tertiary/aromatic N) is 1. The second-order valence-electron chi connectivity index (χ2n) is 6.64. The van der Waals surface area contributed by atoms with Crippen LogP contribution in [-0.2, 0) is 0 Å². The van der Waals surface area contributed by atoms with Crippen molar-refractivity contribution in [3.8, 4) is 5.75 Å². The van der Waals surface area contributed by atoms with Crippen molar-refractivity contribution in [1.82, 2.24) is 0 Å². The zero-order chi connectivity index (χ0) is 21.5. The van der Waals surface area contributed by atoms with E-state index in [4.69, 9.17) is 4.74 Å². The Labute approximate surface area is 173 Å². The lowest BCUT2D eigenvalue weighted by Crippen LogP contribution is -2.16. The van der Waals surface area contributed by atoms with Crippen molar-refractivity contribution >= 4 is 17.2 Å². The van der Waals surface area contributed by atoms with Crippen LogP contribution in [-0.4, -0.2) is 17.3 Å². The van der Waals surface area contributed by atoms with Gasteiger partial charge in [0.05, 0.1) is 17.6 Å². The Morgan fingerprint density at radius 3 is 2.43 bits per heavy atom. The molecule has 0 amide bonds. The number of benzene rings is 3. The molecule has 30 heavy (non-hydrogen) atoms. The number of hydrogen-bond donors (Lipinski definition) is 1. The summed E-state index contributed by atoms with van der Waals surface area (Å²) in [6.45, 7) is 2.45. The minimum Gasteiger partial charge on any atom is -0.494 e. The average molecular weight is 408 g/mol. The maximum atomic E-state index is 13.2. The number of nitro benzene ring substituents is 1.